The summed E-state index contributed by atoms with van der Waals surface area (Å²) in [6.45, 7) is 3.55. The minimum absolute atomic E-state index is 0.00242. The molecule has 0 bridgehead atoms. The molecular formula is C18H23F3N2O2. The first-order chi connectivity index (χ1) is 11.9. The Bertz CT molecular complexity index is 603. The molecule has 138 valence electrons. The van der Waals surface area contributed by atoms with Crippen molar-refractivity contribution in [2.45, 2.75) is 38.5 Å². The molecule has 0 aromatic heterocycles. The number of alkyl halides is 3. The van der Waals surface area contributed by atoms with Crippen molar-refractivity contribution in [2.24, 2.45) is 5.41 Å². The normalized spacial score (nSPS) is 20.0. The van der Waals surface area contributed by atoms with E-state index in [1.165, 1.54) is 12.1 Å². The lowest BCUT2D eigenvalue weighted by molar-refractivity contribution is -0.274. The minimum atomic E-state index is -4.73. The first-order valence-corrected chi connectivity index (χ1v) is 8.69. The number of piperidine rings is 1. The number of nitrogens with one attached hydrogen (secondary N) is 1. The molecule has 1 N–H and O–H groups in total. The largest absolute Gasteiger partial charge is 0.573 e. The molecule has 1 spiro atoms. The average Bonchev–Trinajstić information content (AvgIpc) is 3.01. The molecule has 0 unspecified atom stereocenters. The van der Waals surface area contributed by atoms with E-state index in [2.05, 4.69) is 10.1 Å². The van der Waals surface area contributed by atoms with Crippen LogP contribution in [0.25, 0.3) is 0 Å². The van der Waals surface area contributed by atoms with Crippen molar-refractivity contribution in [3.05, 3.63) is 29.8 Å². The van der Waals surface area contributed by atoms with Crippen molar-refractivity contribution in [1.82, 2.24) is 10.2 Å². The highest BCUT2D eigenvalue weighted by atomic mass is 19.4. The summed E-state index contributed by atoms with van der Waals surface area (Å²) < 4.78 is 41.4. The second-order valence-corrected chi connectivity index (χ2v) is 6.96. The zero-order valence-electron chi connectivity index (χ0n) is 14.1. The number of hydrogen-bond donors (Lipinski definition) is 1. The number of likely N-dealkylation sites (tertiary alicyclic amines) is 1. The third kappa shape index (κ3) is 4.66. The van der Waals surface area contributed by atoms with Crippen LogP contribution in [0.15, 0.2) is 24.3 Å². The Kier molecular flexibility index (Phi) is 5.22. The van der Waals surface area contributed by atoms with Crippen molar-refractivity contribution in [2.75, 3.05) is 26.2 Å². The van der Waals surface area contributed by atoms with Gasteiger partial charge in [0.1, 0.15) is 5.75 Å². The number of benzene rings is 1. The van der Waals surface area contributed by atoms with E-state index in [1.807, 2.05) is 4.90 Å². The number of ether oxygens (including phenoxy) is 1. The number of para-hydroxylation sites is 1. The zero-order chi connectivity index (χ0) is 17.9. The van der Waals surface area contributed by atoms with Gasteiger partial charge >= 0.3 is 6.36 Å². The molecular weight excluding hydrogens is 333 g/mol. The fraction of sp³-hybridized carbons (Fsp3) is 0.611. The van der Waals surface area contributed by atoms with E-state index in [1.54, 1.807) is 12.1 Å². The van der Waals surface area contributed by atoms with Gasteiger partial charge in [-0.25, -0.2) is 0 Å². The van der Waals surface area contributed by atoms with Gasteiger partial charge < -0.3 is 15.0 Å². The standard InChI is InChI=1S/C18H23F3N2O2/c19-18(20,21)25-15-4-2-1-3-14(15)5-6-16(24)23-11-8-17(9-12-23)7-10-22-13-17/h1-4,22H,5-13H2. The Morgan fingerprint density at radius 1 is 1.20 bits per heavy atom. The molecule has 0 saturated carbocycles. The number of carbonyl (C=O) groups excluding carboxylic acids is 1. The lowest BCUT2D eigenvalue weighted by Crippen LogP contribution is -2.44. The maximum atomic E-state index is 12.5. The second-order valence-electron chi connectivity index (χ2n) is 6.96. The number of aryl methyl sites for hydroxylation is 1. The number of nitrogens with zero attached hydrogens (tertiary/aromatic N) is 1. The molecule has 1 amide bonds. The van der Waals surface area contributed by atoms with Crippen LogP contribution in [0.3, 0.4) is 0 Å². The van der Waals surface area contributed by atoms with Crippen molar-refractivity contribution >= 4 is 5.91 Å². The fourth-order valence-corrected chi connectivity index (χ4v) is 3.79. The predicted molar refractivity (Wildman–Crippen MR) is 87.2 cm³/mol. The molecule has 3 rings (SSSR count). The molecule has 2 fully saturated rings. The predicted octanol–water partition coefficient (Wildman–Crippen LogP) is 3.12. The van der Waals surface area contributed by atoms with Gasteiger partial charge in [0.2, 0.25) is 5.91 Å². The highest BCUT2D eigenvalue weighted by molar-refractivity contribution is 5.76. The summed E-state index contributed by atoms with van der Waals surface area (Å²) in [6.07, 6.45) is -1.12. The Labute approximate surface area is 145 Å². The van der Waals surface area contributed by atoms with Gasteiger partial charge in [0.15, 0.2) is 0 Å². The molecule has 4 nitrogen and oxygen atoms in total. The van der Waals surface area contributed by atoms with Crippen molar-refractivity contribution in [3.8, 4) is 5.75 Å². The van der Waals surface area contributed by atoms with Gasteiger partial charge in [0.05, 0.1) is 0 Å². The number of amides is 1. The van der Waals surface area contributed by atoms with Crippen LogP contribution in [0.1, 0.15) is 31.2 Å². The van der Waals surface area contributed by atoms with E-state index in [-0.39, 0.29) is 24.5 Å². The molecule has 2 saturated heterocycles. The molecule has 0 atom stereocenters. The van der Waals surface area contributed by atoms with E-state index in [4.69, 9.17) is 0 Å². The molecule has 2 heterocycles. The van der Waals surface area contributed by atoms with E-state index in [0.717, 1.165) is 45.4 Å². The van der Waals surface area contributed by atoms with Crippen LogP contribution in [0.2, 0.25) is 0 Å². The maximum Gasteiger partial charge on any atom is 0.573 e. The highest BCUT2D eigenvalue weighted by Gasteiger charge is 2.38. The monoisotopic (exact) mass is 356 g/mol. The van der Waals surface area contributed by atoms with Gasteiger partial charge in [0.25, 0.3) is 0 Å². The summed E-state index contributed by atoms with van der Waals surface area (Å²) in [5.74, 6) is -0.222. The Hall–Kier alpha value is -1.76. The van der Waals surface area contributed by atoms with Gasteiger partial charge in [-0.1, -0.05) is 18.2 Å². The summed E-state index contributed by atoms with van der Waals surface area (Å²) in [4.78, 5) is 14.3. The van der Waals surface area contributed by atoms with Gasteiger partial charge in [-0.05, 0) is 49.3 Å². The van der Waals surface area contributed by atoms with E-state index in [9.17, 15) is 18.0 Å². The van der Waals surface area contributed by atoms with Crippen LogP contribution in [-0.4, -0.2) is 43.3 Å². The van der Waals surface area contributed by atoms with Crippen LogP contribution in [0, 0.1) is 5.41 Å². The maximum absolute atomic E-state index is 12.5. The van der Waals surface area contributed by atoms with Crippen LogP contribution >= 0.6 is 0 Å². The van der Waals surface area contributed by atoms with Gasteiger partial charge in [0, 0.05) is 26.1 Å². The fourth-order valence-electron chi connectivity index (χ4n) is 3.79. The summed E-state index contributed by atoms with van der Waals surface area (Å²) in [6, 6.07) is 6.00. The number of halogens is 3. The molecule has 2 aliphatic heterocycles. The molecule has 0 radical (unpaired) electrons. The smallest absolute Gasteiger partial charge is 0.406 e. The van der Waals surface area contributed by atoms with E-state index in [0.29, 0.717) is 11.0 Å². The van der Waals surface area contributed by atoms with Crippen LogP contribution in [0.5, 0.6) is 5.75 Å². The summed E-state index contributed by atoms with van der Waals surface area (Å²) >= 11 is 0. The molecule has 2 aliphatic rings. The Balaban J connectivity index is 1.53. The molecule has 1 aromatic rings. The number of hydrogen-bond acceptors (Lipinski definition) is 3. The molecule has 0 aliphatic carbocycles. The van der Waals surface area contributed by atoms with Crippen molar-refractivity contribution in [3.63, 3.8) is 0 Å². The molecule has 1 aromatic carbocycles. The third-order valence-corrected chi connectivity index (χ3v) is 5.32. The molecule has 25 heavy (non-hydrogen) atoms. The first-order valence-electron chi connectivity index (χ1n) is 8.69. The SMILES string of the molecule is O=C(CCc1ccccc1OC(F)(F)F)N1CCC2(CCNC2)CC1. The quantitative estimate of drug-likeness (QED) is 0.901. The highest BCUT2D eigenvalue weighted by Crippen LogP contribution is 2.37. The minimum Gasteiger partial charge on any atom is -0.406 e. The summed E-state index contributed by atoms with van der Waals surface area (Å²) in [5, 5.41) is 3.39. The molecule has 7 heteroatoms. The average molecular weight is 356 g/mol. The van der Waals surface area contributed by atoms with Crippen LogP contribution < -0.4 is 10.1 Å². The number of rotatable bonds is 4. The number of carbonyl (C=O) groups is 1. The van der Waals surface area contributed by atoms with Gasteiger partial charge in [-0.3, -0.25) is 4.79 Å². The van der Waals surface area contributed by atoms with Gasteiger partial charge in [-0.15, -0.1) is 13.2 Å². The second kappa shape index (κ2) is 7.23. The van der Waals surface area contributed by atoms with Gasteiger partial charge in [-0.2, -0.15) is 0 Å². The lowest BCUT2D eigenvalue weighted by atomic mass is 9.78. The summed E-state index contributed by atoms with van der Waals surface area (Å²) in [5.41, 5.74) is 0.742. The van der Waals surface area contributed by atoms with E-state index >= 15 is 0 Å². The topological polar surface area (TPSA) is 41.6 Å². The Morgan fingerprint density at radius 3 is 2.56 bits per heavy atom. The van der Waals surface area contributed by atoms with Crippen molar-refractivity contribution in [1.29, 1.82) is 0 Å². The Morgan fingerprint density at radius 2 is 1.92 bits per heavy atom. The lowest BCUT2D eigenvalue weighted by Gasteiger charge is -2.39. The van der Waals surface area contributed by atoms with Crippen LogP contribution in [0.4, 0.5) is 13.2 Å². The first kappa shape index (κ1) is 18.0. The summed E-state index contributed by atoms with van der Waals surface area (Å²) in [7, 11) is 0. The van der Waals surface area contributed by atoms with E-state index < -0.39 is 6.36 Å². The zero-order valence-corrected chi connectivity index (χ0v) is 14.1. The third-order valence-electron chi connectivity index (χ3n) is 5.32. The van der Waals surface area contributed by atoms with Crippen molar-refractivity contribution < 1.29 is 22.7 Å². The van der Waals surface area contributed by atoms with Crippen LogP contribution in [-0.2, 0) is 11.2 Å².